The van der Waals surface area contributed by atoms with Gasteiger partial charge in [-0.05, 0) is 39.2 Å². The first kappa shape index (κ1) is 11.9. The van der Waals surface area contributed by atoms with E-state index in [2.05, 4.69) is 17.6 Å². The van der Waals surface area contributed by atoms with E-state index >= 15 is 0 Å². The first-order chi connectivity index (χ1) is 7.77. The molecule has 2 aliphatic heterocycles. The van der Waals surface area contributed by atoms with Crippen LogP contribution < -0.4 is 10.6 Å². The Bertz CT molecular complexity index is 239. The van der Waals surface area contributed by atoms with Crippen LogP contribution in [0, 0.1) is 5.92 Å². The molecule has 3 atom stereocenters. The number of hydrogen-bond acceptors (Lipinski definition) is 3. The lowest BCUT2D eigenvalue weighted by molar-refractivity contribution is -0.125. The molecule has 2 rings (SSSR count). The van der Waals surface area contributed by atoms with Gasteiger partial charge < -0.3 is 15.4 Å². The van der Waals surface area contributed by atoms with Gasteiger partial charge in [0.25, 0.3) is 0 Å². The largest absolute Gasteiger partial charge is 0.378 e. The summed E-state index contributed by atoms with van der Waals surface area (Å²) in [5.41, 5.74) is 0. The van der Waals surface area contributed by atoms with Crippen LogP contribution in [0.25, 0.3) is 0 Å². The second-order valence-electron chi connectivity index (χ2n) is 4.85. The maximum Gasteiger partial charge on any atom is 0.224 e. The quantitative estimate of drug-likeness (QED) is 0.741. The van der Waals surface area contributed by atoms with Crippen molar-refractivity contribution in [3.05, 3.63) is 0 Å². The third-order valence-electron chi connectivity index (χ3n) is 3.65. The van der Waals surface area contributed by atoms with E-state index in [0.29, 0.717) is 12.1 Å². The van der Waals surface area contributed by atoms with Crippen molar-refractivity contribution < 1.29 is 9.53 Å². The minimum atomic E-state index is 0.157. The maximum atomic E-state index is 11.8. The van der Waals surface area contributed by atoms with Crippen LogP contribution in [0.15, 0.2) is 0 Å². The molecule has 4 nitrogen and oxygen atoms in total. The number of nitrogens with one attached hydrogen (secondary N) is 2. The Morgan fingerprint density at radius 1 is 1.50 bits per heavy atom. The second-order valence-corrected chi connectivity index (χ2v) is 4.85. The summed E-state index contributed by atoms with van der Waals surface area (Å²) < 4.78 is 5.52. The van der Waals surface area contributed by atoms with Crippen molar-refractivity contribution in [1.82, 2.24) is 10.6 Å². The van der Waals surface area contributed by atoms with E-state index in [9.17, 15) is 4.79 Å². The highest BCUT2D eigenvalue weighted by atomic mass is 16.5. The average molecular weight is 226 g/mol. The zero-order valence-corrected chi connectivity index (χ0v) is 10.00. The van der Waals surface area contributed by atoms with E-state index in [-0.39, 0.29) is 11.8 Å². The van der Waals surface area contributed by atoms with Gasteiger partial charge in [0.05, 0.1) is 12.0 Å². The first-order valence-electron chi connectivity index (χ1n) is 6.40. The molecule has 2 fully saturated rings. The Hall–Kier alpha value is -0.610. The molecule has 0 aliphatic carbocycles. The molecule has 16 heavy (non-hydrogen) atoms. The Morgan fingerprint density at radius 2 is 2.38 bits per heavy atom. The molecule has 2 saturated heterocycles. The standard InChI is InChI=1S/C12H22N2O2/c1-9-11(5-7-13-9)12(15)14-6-4-10-3-2-8-16-10/h9-11,13H,2-8H2,1H3,(H,14,15). The van der Waals surface area contributed by atoms with Gasteiger partial charge in [0.1, 0.15) is 0 Å². The Morgan fingerprint density at radius 3 is 3.00 bits per heavy atom. The molecular formula is C12H22N2O2. The van der Waals surface area contributed by atoms with Crippen LogP contribution in [-0.4, -0.2) is 37.7 Å². The van der Waals surface area contributed by atoms with Gasteiger partial charge in [-0.1, -0.05) is 0 Å². The molecule has 0 aromatic carbocycles. The summed E-state index contributed by atoms with van der Waals surface area (Å²) in [4.78, 5) is 11.8. The minimum Gasteiger partial charge on any atom is -0.378 e. The summed E-state index contributed by atoms with van der Waals surface area (Å²) >= 11 is 0. The van der Waals surface area contributed by atoms with Crippen LogP contribution in [0.2, 0.25) is 0 Å². The van der Waals surface area contributed by atoms with Gasteiger partial charge in [0, 0.05) is 19.2 Å². The van der Waals surface area contributed by atoms with Crippen molar-refractivity contribution in [3.63, 3.8) is 0 Å². The zero-order chi connectivity index (χ0) is 11.4. The monoisotopic (exact) mass is 226 g/mol. The lowest BCUT2D eigenvalue weighted by Crippen LogP contribution is -2.37. The van der Waals surface area contributed by atoms with E-state index in [1.54, 1.807) is 0 Å². The summed E-state index contributed by atoms with van der Waals surface area (Å²) in [7, 11) is 0. The minimum absolute atomic E-state index is 0.157. The maximum absolute atomic E-state index is 11.8. The molecule has 0 radical (unpaired) electrons. The molecule has 1 amide bonds. The van der Waals surface area contributed by atoms with Crippen molar-refractivity contribution in [2.45, 2.75) is 44.8 Å². The Kier molecular flexibility index (Phi) is 4.18. The molecule has 0 bridgehead atoms. The number of rotatable bonds is 4. The molecule has 3 unspecified atom stereocenters. The molecule has 2 aliphatic rings. The molecule has 0 aromatic heterocycles. The van der Waals surface area contributed by atoms with Crippen LogP contribution >= 0.6 is 0 Å². The van der Waals surface area contributed by atoms with E-state index in [1.807, 2.05) is 0 Å². The summed E-state index contributed by atoms with van der Waals surface area (Å²) in [6.45, 7) is 4.69. The Labute approximate surface area is 97.1 Å². The lowest BCUT2D eigenvalue weighted by Gasteiger charge is -2.16. The topological polar surface area (TPSA) is 50.4 Å². The van der Waals surface area contributed by atoms with Crippen LogP contribution in [-0.2, 0) is 9.53 Å². The SMILES string of the molecule is CC1NCCC1C(=O)NCCC1CCCO1. The molecular weight excluding hydrogens is 204 g/mol. The van der Waals surface area contributed by atoms with Crippen molar-refractivity contribution in [3.8, 4) is 0 Å². The summed E-state index contributed by atoms with van der Waals surface area (Å²) in [6, 6.07) is 0.322. The number of amides is 1. The number of hydrogen-bond donors (Lipinski definition) is 2. The van der Waals surface area contributed by atoms with Gasteiger partial charge >= 0.3 is 0 Å². The number of ether oxygens (including phenoxy) is 1. The zero-order valence-electron chi connectivity index (χ0n) is 10.00. The average Bonchev–Trinajstić information content (AvgIpc) is 2.88. The third kappa shape index (κ3) is 2.95. The molecule has 92 valence electrons. The second kappa shape index (κ2) is 5.64. The van der Waals surface area contributed by atoms with Gasteiger partial charge in [-0.25, -0.2) is 0 Å². The van der Waals surface area contributed by atoms with Crippen molar-refractivity contribution >= 4 is 5.91 Å². The van der Waals surface area contributed by atoms with Gasteiger partial charge in [-0.3, -0.25) is 4.79 Å². The van der Waals surface area contributed by atoms with Gasteiger partial charge in [0.2, 0.25) is 5.91 Å². The fourth-order valence-electron chi connectivity index (χ4n) is 2.58. The van der Waals surface area contributed by atoms with Gasteiger partial charge in [-0.15, -0.1) is 0 Å². The van der Waals surface area contributed by atoms with Crippen molar-refractivity contribution in [1.29, 1.82) is 0 Å². The van der Waals surface area contributed by atoms with E-state index in [0.717, 1.165) is 39.0 Å². The van der Waals surface area contributed by atoms with Gasteiger partial charge in [-0.2, -0.15) is 0 Å². The predicted molar refractivity (Wildman–Crippen MR) is 62.2 cm³/mol. The molecule has 2 heterocycles. The van der Waals surface area contributed by atoms with Crippen LogP contribution in [0.3, 0.4) is 0 Å². The highest BCUT2D eigenvalue weighted by Crippen LogP contribution is 2.16. The predicted octanol–water partition coefficient (Wildman–Crippen LogP) is 0.670. The lowest BCUT2D eigenvalue weighted by atomic mass is 10.0. The number of carbonyl (C=O) groups excluding carboxylic acids is 1. The van der Waals surface area contributed by atoms with Gasteiger partial charge in [0.15, 0.2) is 0 Å². The first-order valence-corrected chi connectivity index (χ1v) is 6.40. The molecule has 0 aromatic rings. The van der Waals surface area contributed by atoms with E-state index in [1.165, 1.54) is 6.42 Å². The number of carbonyl (C=O) groups is 1. The molecule has 2 N–H and O–H groups in total. The molecule has 0 saturated carbocycles. The fraction of sp³-hybridized carbons (Fsp3) is 0.917. The fourth-order valence-corrected chi connectivity index (χ4v) is 2.58. The van der Waals surface area contributed by atoms with E-state index < -0.39 is 0 Å². The summed E-state index contributed by atoms with van der Waals surface area (Å²) in [5.74, 6) is 0.361. The van der Waals surface area contributed by atoms with Crippen molar-refractivity contribution in [2.24, 2.45) is 5.92 Å². The van der Waals surface area contributed by atoms with Crippen molar-refractivity contribution in [2.75, 3.05) is 19.7 Å². The van der Waals surface area contributed by atoms with Crippen LogP contribution in [0.4, 0.5) is 0 Å². The smallest absolute Gasteiger partial charge is 0.224 e. The molecule has 0 spiro atoms. The highest BCUT2D eigenvalue weighted by Gasteiger charge is 2.29. The Balaban J connectivity index is 1.63. The summed E-state index contributed by atoms with van der Waals surface area (Å²) in [6.07, 6.45) is 4.62. The highest BCUT2D eigenvalue weighted by molar-refractivity contribution is 5.79. The summed E-state index contributed by atoms with van der Waals surface area (Å²) in [5, 5.41) is 6.32. The van der Waals surface area contributed by atoms with E-state index in [4.69, 9.17) is 4.74 Å². The van der Waals surface area contributed by atoms with Crippen LogP contribution in [0.5, 0.6) is 0 Å². The molecule has 4 heteroatoms. The third-order valence-corrected chi connectivity index (χ3v) is 3.65. The normalized spacial score (nSPS) is 34.2. The van der Waals surface area contributed by atoms with Crippen LogP contribution in [0.1, 0.15) is 32.6 Å².